The molecule has 0 aliphatic rings. The summed E-state index contributed by atoms with van der Waals surface area (Å²) in [5, 5.41) is 22.9. The summed E-state index contributed by atoms with van der Waals surface area (Å²) < 4.78 is 0. The Morgan fingerprint density at radius 1 is 1.59 bits per heavy atom. The van der Waals surface area contributed by atoms with Crippen molar-refractivity contribution in [1.29, 1.82) is 0 Å². The van der Waals surface area contributed by atoms with Crippen LogP contribution in [0.4, 0.5) is 11.5 Å². The van der Waals surface area contributed by atoms with Gasteiger partial charge in [-0.05, 0) is 34.4 Å². The Balaban J connectivity index is 2.82. The minimum atomic E-state index is -0.536. The summed E-state index contributed by atoms with van der Waals surface area (Å²) in [6.45, 7) is 3.99. The quantitative estimate of drug-likeness (QED) is 0.583. The van der Waals surface area contributed by atoms with Crippen LogP contribution in [0.2, 0.25) is 0 Å². The van der Waals surface area contributed by atoms with Crippen LogP contribution in [0.15, 0.2) is 18.3 Å². The van der Waals surface area contributed by atoms with E-state index < -0.39 is 4.92 Å². The molecule has 1 heterocycles. The second-order valence-corrected chi connectivity index (χ2v) is 4.29. The number of pyridine rings is 1. The van der Waals surface area contributed by atoms with E-state index in [1.165, 1.54) is 6.20 Å². The molecule has 0 aliphatic carbocycles. The van der Waals surface area contributed by atoms with Crippen LogP contribution in [0.5, 0.6) is 0 Å². The summed E-state index contributed by atoms with van der Waals surface area (Å²) in [6, 6.07) is 3.02. The van der Waals surface area contributed by atoms with E-state index in [1.807, 2.05) is 13.8 Å². The zero-order valence-corrected chi connectivity index (χ0v) is 9.96. The Morgan fingerprint density at radius 2 is 2.29 bits per heavy atom. The minimum absolute atomic E-state index is 0.0652. The van der Waals surface area contributed by atoms with Crippen LogP contribution in [0, 0.1) is 16.0 Å². The predicted octanol–water partition coefficient (Wildman–Crippen LogP) is 1.81. The average molecular weight is 239 g/mol. The van der Waals surface area contributed by atoms with E-state index in [2.05, 4.69) is 10.3 Å². The molecule has 0 spiro atoms. The number of hydrogen-bond donors (Lipinski definition) is 2. The highest BCUT2D eigenvalue weighted by Crippen LogP contribution is 2.22. The standard InChI is InChI=1S/C11H17N3O3/c1-8(2)6-9(7-15)13-10-4-3-5-12-11(10)14(16)17/h3-5,8-9,13,15H,6-7H2,1-2H3. The molecule has 17 heavy (non-hydrogen) atoms. The van der Waals surface area contributed by atoms with Crippen molar-refractivity contribution in [3.8, 4) is 0 Å². The maximum atomic E-state index is 10.8. The highest BCUT2D eigenvalue weighted by Gasteiger charge is 2.17. The maximum Gasteiger partial charge on any atom is 0.386 e. The zero-order valence-electron chi connectivity index (χ0n) is 9.96. The Hall–Kier alpha value is -1.69. The Labute approximate surface area is 99.8 Å². The van der Waals surface area contributed by atoms with E-state index in [0.717, 1.165) is 6.42 Å². The molecule has 1 atom stereocenters. The normalized spacial score (nSPS) is 12.5. The first kappa shape index (κ1) is 13.4. The summed E-state index contributed by atoms with van der Waals surface area (Å²) in [5.74, 6) is 0.185. The van der Waals surface area contributed by atoms with Gasteiger partial charge in [0.25, 0.3) is 0 Å². The molecule has 0 saturated heterocycles. The van der Waals surface area contributed by atoms with Gasteiger partial charge < -0.3 is 20.5 Å². The smallest absolute Gasteiger partial charge is 0.386 e. The van der Waals surface area contributed by atoms with E-state index in [9.17, 15) is 15.2 Å². The van der Waals surface area contributed by atoms with Gasteiger partial charge >= 0.3 is 5.82 Å². The molecule has 0 bridgehead atoms. The molecule has 1 unspecified atom stereocenters. The maximum absolute atomic E-state index is 10.8. The van der Waals surface area contributed by atoms with Crippen molar-refractivity contribution in [2.24, 2.45) is 5.92 Å². The zero-order chi connectivity index (χ0) is 12.8. The second kappa shape index (κ2) is 6.15. The van der Waals surface area contributed by atoms with Crippen LogP contribution < -0.4 is 5.32 Å². The van der Waals surface area contributed by atoms with Gasteiger partial charge in [-0.25, -0.2) is 0 Å². The fourth-order valence-corrected chi connectivity index (χ4v) is 1.62. The van der Waals surface area contributed by atoms with Crippen molar-refractivity contribution < 1.29 is 10.0 Å². The molecule has 1 rings (SSSR count). The number of nitrogens with one attached hydrogen (secondary N) is 1. The predicted molar refractivity (Wildman–Crippen MR) is 64.8 cm³/mol. The third kappa shape index (κ3) is 3.99. The number of nitrogens with zero attached hydrogens (tertiary/aromatic N) is 2. The number of anilines is 1. The lowest BCUT2D eigenvalue weighted by Gasteiger charge is -2.18. The summed E-state index contributed by atoms with van der Waals surface area (Å²) >= 11 is 0. The number of aliphatic hydroxyl groups excluding tert-OH is 1. The summed E-state index contributed by atoms with van der Waals surface area (Å²) in [7, 11) is 0. The van der Waals surface area contributed by atoms with Crippen molar-refractivity contribution >= 4 is 11.5 Å². The first-order chi connectivity index (χ1) is 8.04. The van der Waals surface area contributed by atoms with Gasteiger partial charge in [-0.3, -0.25) is 0 Å². The molecular weight excluding hydrogens is 222 g/mol. The molecule has 0 radical (unpaired) electrons. The van der Waals surface area contributed by atoms with Gasteiger partial charge in [-0.15, -0.1) is 0 Å². The first-order valence-corrected chi connectivity index (χ1v) is 5.51. The summed E-state index contributed by atoms with van der Waals surface area (Å²) in [6.07, 6.45) is 2.11. The van der Waals surface area contributed by atoms with Crippen LogP contribution >= 0.6 is 0 Å². The van der Waals surface area contributed by atoms with Gasteiger partial charge in [0.05, 0.1) is 6.61 Å². The highest BCUT2D eigenvalue weighted by molar-refractivity contribution is 5.57. The van der Waals surface area contributed by atoms with Gasteiger partial charge in [0.2, 0.25) is 0 Å². The van der Waals surface area contributed by atoms with E-state index in [4.69, 9.17) is 0 Å². The number of rotatable bonds is 6. The third-order valence-corrected chi connectivity index (χ3v) is 2.30. The monoisotopic (exact) mass is 239 g/mol. The van der Waals surface area contributed by atoms with E-state index in [0.29, 0.717) is 11.6 Å². The average Bonchev–Trinajstić information content (AvgIpc) is 2.28. The Bertz CT molecular complexity index is 382. The SMILES string of the molecule is CC(C)CC(CO)Nc1cccnc1[N+](=O)[O-]. The molecule has 0 saturated carbocycles. The number of aliphatic hydroxyl groups is 1. The van der Waals surface area contributed by atoms with Crippen molar-refractivity contribution in [2.75, 3.05) is 11.9 Å². The highest BCUT2D eigenvalue weighted by atomic mass is 16.6. The van der Waals surface area contributed by atoms with Gasteiger partial charge in [0.1, 0.15) is 11.9 Å². The van der Waals surface area contributed by atoms with E-state index >= 15 is 0 Å². The Kier molecular flexibility index (Phi) is 4.84. The van der Waals surface area contributed by atoms with Crippen LogP contribution in [0.1, 0.15) is 20.3 Å². The molecule has 6 heteroatoms. The molecule has 0 aliphatic heterocycles. The Morgan fingerprint density at radius 3 is 2.82 bits per heavy atom. The van der Waals surface area contributed by atoms with E-state index in [1.54, 1.807) is 12.1 Å². The van der Waals surface area contributed by atoms with Gasteiger partial charge in [0, 0.05) is 6.04 Å². The first-order valence-electron chi connectivity index (χ1n) is 5.51. The third-order valence-electron chi connectivity index (χ3n) is 2.30. The van der Waals surface area contributed by atoms with Gasteiger partial charge in [-0.1, -0.05) is 13.8 Å². The van der Waals surface area contributed by atoms with Crippen LogP contribution in [-0.2, 0) is 0 Å². The molecular formula is C11H17N3O3. The largest absolute Gasteiger partial charge is 0.394 e. The molecule has 0 amide bonds. The van der Waals surface area contributed by atoms with Gasteiger partial charge in [0.15, 0.2) is 0 Å². The van der Waals surface area contributed by atoms with Crippen molar-refractivity contribution in [1.82, 2.24) is 4.98 Å². The van der Waals surface area contributed by atoms with Gasteiger partial charge in [-0.2, -0.15) is 0 Å². The summed E-state index contributed by atoms with van der Waals surface area (Å²) in [5.41, 5.74) is 0.345. The lowest BCUT2D eigenvalue weighted by molar-refractivity contribution is -0.388. The molecule has 94 valence electrons. The molecule has 6 nitrogen and oxygen atoms in total. The second-order valence-electron chi connectivity index (χ2n) is 4.29. The number of aromatic nitrogens is 1. The van der Waals surface area contributed by atoms with Crippen LogP contribution in [-0.4, -0.2) is 27.7 Å². The van der Waals surface area contributed by atoms with Crippen molar-refractivity contribution in [3.05, 3.63) is 28.4 Å². The lowest BCUT2D eigenvalue weighted by atomic mass is 10.0. The molecule has 0 fully saturated rings. The van der Waals surface area contributed by atoms with Crippen LogP contribution in [0.3, 0.4) is 0 Å². The lowest BCUT2D eigenvalue weighted by Crippen LogP contribution is -2.26. The summed E-state index contributed by atoms with van der Waals surface area (Å²) in [4.78, 5) is 13.9. The minimum Gasteiger partial charge on any atom is -0.394 e. The number of hydrogen-bond acceptors (Lipinski definition) is 5. The fourth-order valence-electron chi connectivity index (χ4n) is 1.62. The molecule has 1 aromatic heterocycles. The fraction of sp³-hybridized carbons (Fsp3) is 0.545. The van der Waals surface area contributed by atoms with Crippen molar-refractivity contribution in [2.45, 2.75) is 26.3 Å². The van der Waals surface area contributed by atoms with Crippen LogP contribution in [0.25, 0.3) is 0 Å². The molecule has 1 aromatic rings. The topological polar surface area (TPSA) is 88.3 Å². The van der Waals surface area contributed by atoms with E-state index in [-0.39, 0.29) is 18.5 Å². The molecule has 0 aromatic carbocycles. The molecule has 2 N–H and O–H groups in total. The number of nitro groups is 1. The van der Waals surface area contributed by atoms with Crippen molar-refractivity contribution in [3.63, 3.8) is 0 Å².